The minimum absolute atomic E-state index is 0.101. The molecule has 20 heavy (non-hydrogen) atoms. The molecule has 0 saturated carbocycles. The summed E-state index contributed by atoms with van der Waals surface area (Å²) in [5, 5.41) is 4.49. The minimum Gasteiger partial charge on any atom is -0.295 e. The summed E-state index contributed by atoms with van der Waals surface area (Å²) in [6.45, 7) is 6.55. The van der Waals surface area contributed by atoms with Crippen LogP contribution in [0.3, 0.4) is 0 Å². The largest absolute Gasteiger partial charge is 0.295 e. The van der Waals surface area contributed by atoms with Crippen molar-refractivity contribution in [2.75, 3.05) is 0 Å². The van der Waals surface area contributed by atoms with Crippen LogP contribution in [0.1, 0.15) is 35.6 Å². The van der Waals surface area contributed by atoms with Gasteiger partial charge in [-0.05, 0) is 48.8 Å². The van der Waals surface area contributed by atoms with Gasteiger partial charge in [-0.15, -0.1) is 11.8 Å². The molecule has 0 radical (unpaired) electrons. The number of benzene rings is 1. The van der Waals surface area contributed by atoms with Gasteiger partial charge in [-0.2, -0.15) is 5.10 Å². The van der Waals surface area contributed by atoms with Crippen molar-refractivity contribution in [1.82, 2.24) is 9.78 Å². The van der Waals surface area contributed by atoms with Crippen molar-refractivity contribution >= 4 is 33.5 Å². The van der Waals surface area contributed by atoms with Crippen LogP contribution in [-0.4, -0.2) is 15.6 Å². The summed E-state index contributed by atoms with van der Waals surface area (Å²) >= 11 is 5.35. The summed E-state index contributed by atoms with van der Waals surface area (Å²) in [7, 11) is 0. The van der Waals surface area contributed by atoms with Gasteiger partial charge < -0.3 is 0 Å². The van der Waals surface area contributed by atoms with Crippen LogP contribution < -0.4 is 0 Å². The SMILES string of the molecule is CCn1nc(C)c(Br)c1CSc1ccc(C(C)=O)cc1. The van der Waals surface area contributed by atoms with Gasteiger partial charge in [-0.3, -0.25) is 9.48 Å². The highest BCUT2D eigenvalue weighted by atomic mass is 79.9. The molecule has 2 rings (SSSR count). The fraction of sp³-hybridized carbons (Fsp3) is 0.333. The molecule has 0 aliphatic heterocycles. The van der Waals surface area contributed by atoms with Crippen molar-refractivity contribution in [3.05, 3.63) is 45.7 Å². The van der Waals surface area contributed by atoms with Gasteiger partial charge >= 0.3 is 0 Å². The average molecular weight is 353 g/mol. The number of halogens is 1. The quantitative estimate of drug-likeness (QED) is 0.588. The molecule has 106 valence electrons. The van der Waals surface area contributed by atoms with Crippen LogP contribution in [-0.2, 0) is 12.3 Å². The zero-order valence-electron chi connectivity index (χ0n) is 11.8. The fourth-order valence-electron chi connectivity index (χ4n) is 1.94. The number of carbonyl (C=O) groups is 1. The smallest absolute Gasteiger partial charge is 0.159 e. The van der Waals surface area contributed by atoms with Gasteiger partial charge in [0.15, 0.2) is 5.78 Å². The van der Waals surface area contributed by atoms with Crippen LogP contribution in [0.15, 0.2) is 33.6 Å². The highest BCUT2D eigenvalue weighted by molar-refractivity contribution is 9.10. The second-order valence-corrected chi connectivity index (χ2v) is 6.37. The number of nitrogens with zero attached hydrogens (tertiary/aromatic N) is 2. The molecule has 2 aromatic rings. The second kappa shape index (κ2) is 6.59. The number of ketones is 1. The van der Waals surface area contributed by atoms with Crippen molar-refractivity contribution < 1.29 is 4.79 Å². The van der Waals surface area contributed by atoms with E-state index in [9.17, 15) is 4.79 Å². The monoisotopic (exact) mass is 352 g/mol. The van der Waals surface area contributed by atoms with Gasteiger partial charge in [-0.25, -0.2) is 0 Å². The maximum Gasteiger partial charge on any atom is 0.159 e. The van der Waals surface area contributed by atoms with E-state index in [0.29, 0.717) is 0 Å². The number of aromatic nitrogens is 2. The molecule has 3 nitrogen and oxygen atoms in total. The number of hydrogen-bond acceptors (Lipinski definition) is 3. The van der Waals surface area contributed by atoms with Gasteiger partial charge in [0.2, 0.25) is 0 Å². The zero-order valence-corrected chi connectivity index (χ0v) is 14.2. The number of hydrogen-bond donors (Lipinski definition) is 0. The third-order valence-corrected chi connectivity index (χ3v) is 5.14. The Kier molecular flexibility index (Phi) is 5.05. The van der Waals surface area contributed by atoms with Gasteiger partial charge in [0.1, 0.15) is 0 Å². The molecule has 5 heteroatoms. The number of rotatable bonds is 5. The van der Waals surface area contributed by atoms with Crippen LogP contribution in [0.4, 0.5) is 0 Å². The minimum atomic E-state index is 0.101. The van der Waals surface area contributed by atoms with Crippen LogP contribution >= 0.6 is 27.7 Å². The molecule has 0 N–H and O–H groups in total. The zero-order chi connectivity index (χ0) is 14.7. The molecule has 0 unspecified atom stereocenters. The number of thioether (sulfide) groups is 1. The third kappa shape index (κ3) is 3.33. The molecule has 1 aromatic heterocycles. The Morgan fingerprint density at radius 1 is 1.35 bits per heavy atom. The summed E-state index contributed by atoms with van der Waals surface area (Å²) in [4.78, 5) is 12.4. The molecule has 0 spiro atoms. The Morgan fingerprint density at radius 3 is 2.55 bits per heavy atom. The van der Waals surface area contributed by atoms with Crippen molar-refractivity contribution in [3.8, 4) is 0 Å². The van der Waals surface area contributed by atoms with Crippen molar-refractivity contribution in [1.29, 1.82) is 0 Å². The first-order chi connectivity index (χ1) is 9.52. The van der Waals surface area contributed by atoms with Crippen LogP contribution in [0.5, 0.6) is 0 Å². The van der Waals surface area contributed by atoms with Gasteiger partial charge in [-0.1, -0.05) is 12.1 Å². The summed E-state index contributed by atoms with van der Waals surface area (Å²) in [6, 6.07) is 7.74. The maximum atomic E-state index is 11.2. The molecule has 0 atom stereocenters. The maximum absolute atomic E-state index is 11.2. The summed E-state index contributed by atoms with van der Waals surface area (Å²) in [5.41, 5.74) is 2.98. The molecular weight excluding hydrogens is 336 g/mol. The lowest BCUT2D eigenvalue weighted by Crippen LogP contribution is -2.01. The second-order valence-electron chi connectivity index (χ2n) is 4.53. The van der Waals surface area contributed by atoms with E-state index >= 15 is 0 Å². The van der Waals surface area contributed by atoms with Crippen LogP contribution in [0, 0.1) is 6.92 Å². The molecule has 0 amide bonds. The molecule has 0 aliphatic rings. The number of Topliss-reactive ketones (excluding diaryl/α,β-unsaturated/α-hetero) is 1. The van der Waals surface area contributed by atoms with Gasteiger partial charge in [0.05, 0.1) is 15.9 Å². The lowest BCUT2D eigenvalue weighted by atomic mass is 10.2. The summed E-state index contributed by atoms with van der Waals surface area (Å²) in [5.74, 6) is 0.957. The average Bonchev–Trinajstić information content (AvgIpc) is 2.72. The molecule has 0 bridgehead atoms. The van der Waals surface area contributed by atoms with E-state index in [-0.39, 0.29) is 5.78 Å². The van der Waals surface area contributed by atoms with E-state index in [2.05, 4.69) is 28.0 Å². The van der Waals surface area contributed by atoms with E-state index in [0.717, 1.165) is 32.9 Å². The number of carbonyl (C=O) groups excluding carboxylic acids is 1. The lowest BCUT2D eigenvalue weighted by molar-refractivity contribution is 0.101. The number of aryl methyl sites for hydroxylation is 2. The van der Waals surface area contributed by atoms with Crippen molar-refractivity contribution in [3.63, 3.8) is 0 Å². The first-order valence-corrected chi connectivity index (χ1v) is 8.26. The first-order valence-electron chi connectivity index (χ1n) is 6.48. The van der Waals surface area contributed by atoms with Gasteiger partial charge in [0.25, 0.3) is 0 Å². The Hall–Kier alpha value is -1.07. The third-order valence-electron chi connectivity index (χ3n) is 3.09. The Balaban J connectivity index is 2.10. The Labute approximate surface area is 131 Å². The topological polar surface area (TPSA) is 34.9 Å². The molecule has 1 aromatic carbocycles. The van der Waals surface area contributed by atoms with Gasteiger partial charge in [0, 0.05) is 22.8 Å². The standard InChI is InChI=1S/C15H17BrN2OS/c1-4-18-14(15(16)10(2)17-18)9-20-13-7-5-12(6-8-13)11(3)19/h5-8H,4,9H2,1-3H3. The van der Waals surface area contributed by atoms with E-state index in [4.69, 9.17) is 0 Å². The summed E-state index contributed by atoms with van der Waals surface area (Å²) in [6.07, 6.45) is 0. The molecular formula is C15H17BrN2OS. The predicted octanol–water partition coefficient (Wildman–Crippen LogP) is 4.47. The highest BCUT2D eigenvalue weighted by Crippen LogP contribution is 2.29. The van der Waals surface area contributed by atoms with Crippen LogP contribution in [0.25, 0.3) is 0 Å². The van der Waals surface area contributed by atoms with E-state index in [1.807, 2.05) is 35.9 Å². The normalized spacial score (nSPS) is 10.8. The summed E-state index contributed by atoms with van der Waals surface area (Å²) < 4.78 is 3.11. The Morgan fingerprint density at radius 2 is 2.00 bits per heavy atom. The van der Waals surface area contributed by atoms with Crippen molar-refractivity contribution in [2.24, 2.45) is 0 Å². The highest BCUT2D eigenvalue weighted by Gasteiger charge is 2.12. The molecule has 0 aliphatic carbocycles. The molecule has 1 heterocycles. The van der Waals surface area contributed by atoms with Crippen LogP contribution in [0.2, 0.25) is 0 Å². The van der Waals surface area contributed by atoms with E-state index in [1.165, 1.54) is 5.69 Å². The first kappa shape index (κ1) is 15.3. The molecule has 0 fully saturated rings. The van der Waals surface area contributed by atoms with E-state index < -0.39 is 0 Å². The van der Waals surface area contributed by atoms with E-state index in [1.54, 1.807) is 18.7 Å². The molecule has 0 saturated heterocycles. The lowest BCUT2D eigenvalue weighted by Gasteiger charge is -2.06. The van der Waals surface area contributed by atoms with Crippen molar-refractivity contribution in [2.45, 2.75) is 38.0 Å². The Bertz CT molecular complexity index is 620. The fourth-order valence-corrected chi connectivity index (χ4v) is 3.48. The predicted molar refractivity (Wildman–Crippen MR) is 86.3 cm³/mol.